The molecule has 1 aromatic heterocycles. The maximum atomic E-state index is 13.9. The van der Waals surface area contributed by atoms with Gasteiger partial charge in [-0.1, -0.05) is 6.07 Å². The number of nitrogens with zero attached hydrogens (tertiary/aromatic N) is 3. The van der Waals surface area contributed by atoms with Crippen molar-refractivity contribution >= 4 is 0 Å². The van der Waals surface area contributed by atoms with Crippen LogP contribution in [0.5, 0.6) is 11.5 Å². The van der Waals surface area contributed by atoms with Gasteiger partial charge in [0.05, 0.1) is 17.9 Å². The predicted octanol–water partition coefficient (Wildman–Crippen LogP) is 3.87. The molecule has 0 amide bonds. The van der Waals surface area contributed by atoms with Gasteiger partial charge in [0.25, 0.3) is 0 Å². The average Bonchev–Trinajstić information content (AvgIpc) is 3.62. The summed E-state index contributed by atoms with van der Waals surface area (Å²) in [7, 11) is 0. The second kappa shape index (κ2) is 9.54. The second-order valence-electron chi connectivity index (χ2n) is 7.51. The number of nitrogens with two attached hydrogens (primary N) is 1. The zero-order valence-electron chi connectivity index (χ0n) is 17.1. The Balaban J connectivity index is 1.52. The van der Waals surface area contributed by atoms with E-state index in [1.165, 1.54) is 18.9 Å². The lowest BCUT2D eigenvalue weighted by Gasteiger charge is -2.10. The van der Waals surface area contributed by atoms with Crippen molar-refractivity contribution in [2.45, 2.75) is 19.3 Å². The highest BCUT2D eigenvalue weighted by Gasteiger charge is 2.22. The van der Waals surface area contributed by atoms with Crippen LogP contribution in [0.25, 0.3) is 11.3 Å². The molecule has 6 nitrogen and oxygen atoms in total. The van der Waals surface area contributed by atoms with E-state index in [2.05, 4.69) is 16.0 Å². The van der Waals surface area contributed by atoms with Gasteiger partial charge in [0.1, 0.15) is 24.3 Å². The fraction of sp³-hybridized carbons (Fsp3) is 0.292. The minimum atomic E-state index is -0.431. The summed E-state index contributed by atoms with van der Waals surface area (Å²) >= 11 is 0. The molecular formula is C24H23FN4O2. The van der Waals surface area contributed by atoms with Crippen molar-refractivity contribution in [2.24, 2.45) is 11.7 Å². The SMILES string of the molecule is N#Cc1cc(-c2ccnc(Cc3ccc(F)c(OCCN)c3)n2)ccc1OCC1CC1. The van der Waals surface area contributed by atoms with Crippen molar-refractivity contribution in [1.29, 1.82) is 5.26 Å². The van der Waals surface area contributed by atoms with Crippen LogP contribution >= 0.6 is 0 Å². The lowest BCUT2D eigenvalue weighted by Crippen LogP contribution is -2.11. The Morgan fingerprint density at radius 1 is 1.10 bits per heavy atom. The first-order valence-corrected chi connectivity index (χ1v) is 10.3. The summed E-state index contributed by atoms with van der Waals surface area (Å²) in [6.45, 7) is 1.21. The van der Waals surface area contributed by atoms with Gasteiger partial charge >= 0.3 is 0 Å². The lowest BCUT2D eigenvalue weighted by molar-refractivity contribution is 0.299. The second-order valence-corrected chi connectivity index (χ2v) is 7.51. The summed E-state index contributed by atoms with van der Waals surface area (Å²) in [6, 6.07) is 14.2. The first-order valence-electron chi connectivity index (χ1n) is 10.3. The third-order valence-electron chi connectivity index (χ3n) is 5.01. The minimum Gasteiger partial charge on any atom is -0.492 e. The highest BCUT2D eigenvalue weighted by Crippen LogP contribution is 2.31. The molecule has 1 saturated carbocycles. The summed E-state index contributed by atoms with van der Waals surface area (Å²) in [5.74, 6) is 1.54. The standard InChI is InChI=1S/C24H23FN4O2/c25-20-5-3-17(11-23(20)30-10-8-26)12-24-28-9-7-21(29-24)18-4-6-22(19(13-18)14-27)31-15-16-1-2-16/h3-7,9,11,13,16H,1-2,8,10,12,15,26H2. The summed E-state index contributed by atoms with van der Waals surface area (Å²) in [4.78, 5) is 8.96. The molecule has 158 valence electrons. The minimum absolute atomic E-state index is 0.166. The van der Waals surface area contributed by atoms with Crippen LogP contribution in [-0.4, -0.2) is 29.7 Å². The molecule has 0 unspecified atom stereocenters. The normalized spacial score (nSPS) is 12.9. The number of hydrogen-bond donors (Lipinski definition) is 1. The van der Waals surface area contributed by atoms with E-state index in [1.807, 2.05) is 12.1 Å². The third kappa shape index (κ3) is 5.36. The number of hydrogen-bond acceptors (Lipinski definition) is 6. The van der Waals surface area contributed by atoms with Crippen LogP contribution in [0.3, 0.4) is 0 Å². The molecule has 4 rings (SSSR count). The van der Waals surface area contributed by atoms with Gasteiger partial charge in [0.2, 0.25) is 0 Å². The molecule has 1 aliphatic rings. The Morgan fingerprint density at radius 3 is 2.74 bits per heavy atom. The fourth-order valence-corrected chi connectivity index (χ4v) is 3.16. The van der Waals surface area contributed by atoms with Gasteiger partial charge in [-0.15, -0.1) is 0 Å². The highest BCUT2D eigenvalue weighted by molar-refractivity contribution is 5.64. The van der Waals surface area contributed by atoms with Crippen LogP contribution in [0.4, 0.5) is 4.39 Å². The van der Waals surface area contributed by atoms with E-state index in [1.54, 1.807) is 30.5 Å². The Labute approximate surface area is 180 Å². The molecule has 0 radical (unpaired) electrons. The zero-order valence-corrected chi connectivity index (χ0v) is 17.1. The molecule has 0 spiro atoms. The molecule has 0 atom stereocenters. The van der Waals surface area contributed by atoms with Gasteiger partial charge in [0.15, 0.2) is 11.6 Å². The summed E-state index contributed by atoms with van der Waals surface area (Å²) in [5.41, 5.74) is 8.25. The number of rotatable bonds is 9. The van der Waals surface area contributed by atoms with Crippen LogP contribution in [0.1, 0.15) is 29.8 Å². The first-order chi connectivity index (χ1) is 15.2. The number of nitriles is 1. The molecule has 1 heterocycles. The van der Waals surface area contributed by atoms with Crippen LogP contribution in [0.15, 0.2) is 48.7 Å². The van der Waals surface area contributed by atoms with Crippen molar-refractivity contribution in [3.63, 3.8) is 0 Å². The molecule has 0 saturated heterocycles. The summed E-state index contributed by atoms with van der Waals surface area (Å²) < 4.78 is 25.0. The van der Waals surface area contributed by atoms with Crippen LogP contribution < -0.4 is 15.2 Å². The molecule has 31 heavy (non-hydrogen) atoms. The van der Waals surface area contributed by atoms with E-state index in [0.29, 0.717) is 48.3 Å². The van der Waals surface area contributed by atoms with Gasteiger partial charge in [-0.3, -0.25) is 0 Å². The molecule has 2 N–H and O–H groups in total. The first kappa shape index (κ1) is 20.8. The summed E-state index contributed by atoms with van der Waals surface area (Å²) in [6.07, 6.45) is 4.48. The van der Waals surface area contributed by atoms with Gasteiger partial charge < -0.3 is 15.2 Å². The van der Waals surface area contributed by atoms with Crippen molar-refractivity contribution in [1.82, 2.24) is 9.97 Å². The Morgan fingerprint density at radius 2 is 1.97 bits per heavy atom. The largest absolute Gasteiger partial charge is 0.492 e. The van der Waals surface area contributed by atoms with Crippen LogP contribution in [0.2, 0.25) is 0 Å². The topological polar surface area (TPSA) is 94.0 Å². The monoisotopic (exact) mass is 418 g/mol. The molecule has 2 aromatic carbocycles. The molecule has 1 fully saturated rings. The number of benzene rings is 2. The molecular weight excluding hydrogens is 395 g/mol. The third-order valence-corrected chi connectivity index (χ3v) is 5.01. The van der Waals surface area contributed by atoms with Crippen molar-refractivity contribution in [2.75, 3.05) is 19.8 Å². The Kier molecular flexibility index (Phi) is 6.39. The molecule has 0 aliphatic heterocycles. The molecule has 0 bridgehead atoms. The van der Waals surface area contributed by atoms with E-state index < -0.39 is 5.82 Å². The predicted molar refractivity (Wildman–Crippen MR) is 114 cm³/mol. The molecule has 1 aliphatic carbocycles. The Hall–Kier alpha value is -3.50. The molecule has 7 heteroatoms. The van der Waals surface area contributed by atoms with E-state index in [4.69, 9.17) is 15.2 Å². The number of halogens is 1. The van der Waals surface area contributed by atoms with Crippen LogP contribution in [-0.2, 0) is 6.42 Å². The van der Waals surface area contributed by atoms with E-state index in [0.717, 1.165) is 11.1 Å². The fourth-order valence-electron chi connectivity index (χ4n) is 3.16. The maximum Gasteiger partial charge on any atom is 0.165 e. The van der Waals surface area contributed by atoms with Crippen molar-refractivity contribution in [3.8, 4) is 28.8 Å². The quantitative estimate of drug-likeness (QED) is 0.567. The van der Waals surface area contributed by atoms with Gasteiger partial charge in [0, 0.05) is 24.7 Å². The Bertz CT molecular complexity index is 1110. The summed E-state index contributed by atoms with van der Waals surface area (Å²) in [5, 5.41) is 9.52. The average molecular weight is 418 g/mol. The van der Waals surface area contributed by atoms with E-state index >= 15 is 0 Å². The zero-order chi connectivity index (χ0) is 21.6. The number of aromatic nitrogens is 2. The lowest BCUT2D eigenvalue weighted by atomic mass is 10.1. The van der Waals surface area contributed by atoms with Gasteiger partial charge in [-0.25, -0.2) is 14.4 Å². The van der Waals surface area contributed by atoms with Crippen molar-refractivity contribution in [3.05, 3.63) is 71.4 Å². The number of ether oxygens (including phenoxy) is 2. The van der Waals surface area contributed by atoms with Gasteiger partial charge in [-0.05, 0) is 60.7 Å². The maximum absolute atomic E-state index is 13.9. The highest BCUT2D eigenvalue weighted by atomic mass is 19.1. The molecule has 3 aromatic rings. The smallest absolute Gasteiger partial charge is 0.165 e. The van der Waals surface area contributed by atoms with E-state index in [9.17, 15) is 9.65 Å². The van der Waals surface area contributed by atoms with Crippen LogP contribution in [0, 0.1) is 23.1 Å². The van der Waals surface area contributed by atoms with Crippen molar-refractivity contribution < 1.29 is 13.9 Å². The van der Waals surface area contributed by atoms with E-state index in [-0.39, 0.29) is 12.4 Å². The van der Waals surface area contributed by atoms with Gasteiger partial charge in [-0.2, -0.15) is 5.26 Å².